The van der Waals surface area contributed by atoms with Crippen LogP contribution < -0.4 is 0 Å². The minimum absolute atomic E-state index is 0.918. The molecule has 0 saturated heterocycles. The number of aliphatic imine (C=N–C) groups is 1. The topological polar surface area (TPSA) is 17.3 Å². The second kappa shape index (κ2) is 11.6. The highest BCUT2D eigenvalue weighted by Gasteiger charge is 2.23. The summed E-state index contributed by atoms with van der Waals surface area (Å²) in [7, 11) is 0. The predicted molar refractivity (Wildman–Crippen MR) is 204 cm³/mol. The summed E-state index contributed by atoms with van der Waals surface area (Å²) in [4.78, 5) is 5.00. The fourth-order valence-electron chi connectivity index (χ4n) is 7.06. The molecule has 0 bridgehead atoms. The third-order valence-corrected chi connectivity index (χ3v) is 9.89. The first-order valence-corrected chi connectivity index (χ1v) is 16.9. The van der Waals surface area contributed by atoms with Crippen LogP contribution >= 0.6 is 11.3 Å². The number of aromatic nitrogens is 1. The molecule has 2 heterocycles. The van der Waals surface area contributed by atoms with Crippen LogP contribution in [0.5, 0.6) is 0 Å². The summed E-state index contributed by atoms with van der Waals surface area (Å²) in [5.74, 6) is 0. The summed E-state index contributed by atoms with van der Waals surface area (Å²) in [6.45, 7) is 6.25. The molecule has 222 valence electrons. The molecule has 46 heavy (non-hydrogen) atoms. The Morgan fingerprint density at radius 1 is 0.674 bits per heavy atom. The first kappa shape index (κ1) is 28.2. The van der Waals surface area contributed by atoms with E-state index in [2.05, 4.69) is 139 Å². The lowest BCUT2D eigenvalue weighted by Crippen LogP contribution is -1.96. The fraction of sp³-hybridized carbons (Fsp3) is 0.0930. The highest BCUT2D eigenvalue weighted by molar-refractivity contribution is 7.18. The second-order valence-electron chi connectivity index (χ2n) is 11.8. The van der Waals surface area contributed by atoms with E-state index in [0.29, 0.717) is 0 Å². The maximum absolute atomic E-state index is 5.00. The van der Waals surface area contributed by atoms with E-state index in [1.807, 2.05) is 36.5 Å². The molecule has 0 N–H and O–H groups in total. The van der Waals surface area contributed by atoms with Crippen molar-refractivity contribution in [2.75, 3.05) is 0 Å². The number of hydrogen-bond donors (Lipinski definition) is 0. The average Bonchev–Trinajstić information content (AvgIpc) is 3.73. The van der Waals surface area contributed by atoms with E-state index in [-0.39, 0.29) is 0 Å². The number of fused-ring (bicyclic) bond motifs is 13. The number of thiophene rings is 1. The van der Waals surface area contributed by atoms with Gasteiger partial charge in [0.1, 0.15) is 0 Å². The van der Waals surface area contributed by atoms with Gasteiger partial charge in [-0.1, -0.05) is 116 Å². The zero-order valence-electron chi connectivity index (χ0n) is 26.3. The molecule has 2 nitrogen and oxygen atoms in total. The van der Waals surface area contributed by atoms with E-state index in [1.165, 1.54) is 64.2 Å². The van der Waals surface area contributed by atoms with Crippen molar-refractivity contribution in [3.05, 3.63) is 144 Å². The third-order valence-electron chi connectivity index (χ3n) is 8.96. The average molecular weight is 611 g/mol. The van der Waals surface area contributed by atoms with Crippen LogP contribution in [-0.4, -0.2) is 10.3 Å². The molecule has 8 rings (SSSR count). The van der Waals surface area contributed by atoms with Gasteiger partial charge in [-0.25, -0.2) is 0 Å². The molecule has 0 aliphatic rings. The van der Waals surface area contributed by atoms with Gasteiger partial charge in [0.2, 0.25) is 0 Å². The monoisotopic (exact) mass is 610 g/mol. The zero-order chi connectivity index (χ0) is 31.2. The van der Waals surface area contributed by atoms with Crippen LogP contribution in [0.25, 0.3) is 75.6 Å². The second-order valence-corrected chi connectivity index (χ2v) is 12.7. The van der Waals surface area contributed by atoms with Crippen LogP contribution in [0.4, 0.5) is 0 Å². The van der Waals surface area contributed by atoms with Crippen LogP contribution in [0.15, 0.2) is 144 Å². The number of allylic oxidation sites excluding steroid dienone is 5. The molecule has 0 fully saturated rings. The lowest BCUT2D eigenvalue weighted by Gasteiger charge is -2.14. The Balaban J connectivity index is 1.49. The van der Waals surface area contributed by atoms with Gasteiger partial charge in [0.15, 0.2) is 0 Å². The van der Waals surface area contributed by atoms with Gasteiger partial charge in [0.25, 0.3) is 0 Å². The first-order chi connectivity index (χ1) is 22.7. The lowest BCUT2D eigenvalue weighted by molar-refractivity contribution is 1.19. The number of hydrogen-bond acceptors (Lipinski definition) is 2. The van der Waals surface area contributed by atoms with Crippen LogP contribution in [0.1, 0.15) is 32.8 Å². The smallest absolute Gasteiger partial charge is 0.0665 e. The van der Waals surface area contributed by atoms with Crippen molar-refractivity contribution < 1.29 is 0 Å². The zero-order valence-corrected chi connectivity index (χ0v) is 27.1. The molecule has 0 saturated carbocycles. The molecule has 2 aromatic heterocycles. The molecule has 0 spiro atoms. The van der Waals surface area contributed by atoms with Crippen molar-refractivity contribution in [3.63, 3.8) is 0 Å². The number of benzene rings is 6. The number of rotatable bonds is 6. The molecule has 0 atom stereocenters. The standard InChI is InChI=1S/C43H34N2S/c1-4-6-7-15-28(3)44-38(14-5-2)29-22-24-30(25-23-29)45-41-35-20-12-9-17-32(35)31-16-8-11-19-34(31)39(41)40-42(45)36-21-13-10-18-33(36)37-26-27-46-43(37)40/h4,6-27H,5H2,1-3H3/b6-4-,15-7-,38-14-,44-28-. The van der Waals surface area contributed by atoms with Gasteiger partial charge in [-0.3, -0.25) is 4.99 Å². The van der Waals surface area contributed by atoms with Crippen molar-refractivity contribution in [1.82, 2.24) is 4.57 Å². The van der Waals surface area contributed by atoms with Crippen molar-refractivity contribution in [2.45, 2.75) is 27.2 Å². The molecule has 0 aliphatic carbocycles. The number of nitrogens with zero attached hydrogens (tertiary/aromatic N) is 2. The molecule has 8 aromatic rings. The minimum Gasteiger partial charge on any atom is -0.308 e. The Morgan fingerprint density at radius 2 is 1.26 bits per heavy atom. The van der Waals surface area contributed by atoms with E-state index in [1.54, 1.807) is 0 Å². The van der Waals surface area contributed by atoms with Crippen LogP contribution in [0.3, 0.4) is 0 Å². The van der Waals surface area contributed by atoms with Crippen molar-refractivity contribution in [3.8, 4) is 5.69 Å². The fourth-order valence-corrected chi connectivity index (χ4v) is 8.02. The third kappa shape index (κ3) is 4.42. The molecule has 3 heteroatoms. The summed E-state index contributed by atoms with van der Waals surface area (Å²) in [6, 6.07) is 38.0. The van der Waals surface area contributed by atoms with Gasteiger partial charge in [-0.15, -0.1) is 11.3 Å². The van der Waals surface area contributed by atoms with Crippen molar-refractivity contribution >= 4 is 87.0 Å². The van der Waals surface area contributed by atoms with E-state index in [0.717, 1.165) is 29.1 Å². The maximum Gasteiger partial charge on any atom is 0.0665 e. The molecule has 0 aliphatic heterocycles. The van der Waals surface area contributed by atoms with Gasteiger partial charge in [0, 0.05) is 43.0 Å². The molecular weight excluding hydrogens is 577 g/mol. The van der Waals surface area contributed by atoms with Crippen molar-refractivity contribution in [2.24, 2.45) is 4.99 Å². The quantitative estimate of drug-likeness (QED) is 0.101. The SMILES string of the molecule is C\C=C/C=C\C(C)=N/C(=C\CC)c1ccc(-n2c3c4ccccc4c4ccccc4c3c3c4sccc4c4ccccc4c32)cc1. The highest BCUT2D eigenvalue weighted by Crippen LogP contribution is 2.48. The summed E-state index contributed by atoms with van der Waals surface area (Å²) in [5.41, 5.74) is 6.77. The van der Waals surface area contributed by atoms with E-state index >= 15 is 0 Å². The Labute approximate surface area is 272 Å². The molecule has 0 amide bonds. The minimum atomic E-state index is 0.918. The van der Waals surface area contributed by atoms with Gasteiger partial charge in [-0.05, 0) is 77.0 Å². The Bertz CT molecular complexity index is 2570. The van der Waals surface area contributed by atoms with Crippen LogP contribution in [0, 0.1) is 0 Å². The van der Waals surface area contributed by atoms with Gasteiger partial charge >= 0.3 is 0 Å². The predicted octanol–water partition coefficient (Wildman–Crippen LogP) is 12.8. The normalized spacial score (nSPS) is 13.3. The Hall–Kier alpha value is -5.25. The largest absolute Gasteiger partial charge is 0.308 e. The van der Waals surface area contributed by atoms with Gasteiger partial charge in [-0.2, -0.15) is 0 Å². The van der Waals surface area contributed by atoms with Crippen molar-refractivity contribution in [1.29, 1.82) is 0 Å². The summed E-state index contributed by atoms with van der Waals surface area (Å²) >= 11 is 1.85. The summed E-state index contributed by atoms with van der Waals surface area (Å²) in [6.07, 6.45) is 11.3. The van der Waals surface area contributed by atoms with Gasteiger partial charge < -0.3 is 4.57 Å². The lowest BCUT2D eigenvalue weighted by atomic mass is 9.95. The Morgan fingerprint density at radius 3 is 1.91 bits per heavy atom. The molecule has 0 radical (unpaired) electrons. The van der Waals surface area contributed by atoms with E-state index in [9.17, 15) is 0 Å². The summed E-state index contributed by atoms with van der Waals surface area (Å²) < 4.78 is 3.88. The van der Waals surface area contributed by atoms with E-state index in [4.69, 9.17) is 4.99 Å². The van der Waals surface area contributed by atoms with Crippen LogP contribution in [0.2, 0.25) is 0 Å². The maximum atomic E-state index is 5.00. The summed E-state index contributed by atoms with van der Waals surface area (Å²) in [5, 5.41) is 13.9. The van der Waals surface area contributed by atoms with E-state index < -0.39 is 0 Å². The highest BCUT2D eigenvalue weighted by atomic mass is 32.1. The first-order valence-electron chi connectivity index (χ1n) is 16.0. The Kier molecular flexibility index (Phi) is 7.12. The molecule has 0 unspecified atom stereocenters. The molecule has 6 aromatic carbocycles. The molecular formula is C43H34N2S. The van der Waals surface area contributed by atoms with Gasteiger partial charge in [0.05, 0.1) is 16.7 Å². The van der Waals surface area contributed by atoms with Crippen LogP contribution in [-0.2, 0) is 0 Å².